The molecule has 0 spiro atoms. The van der Waals surface area contributed by atoms with Gasteiger partial charge in [0.2, 0.25) is 0 Å². The SMILES string of the molecule is N#Cc1cc(Br)ccc1-n1cc([N+](=O)[O-])cn1. The van der Waals surface area contributed by atoms with E-state index in [0.29, 0.717) is 11.3 Å². The Morgan fingerprint density at radius 3 is 2.88 bits per heavy atom. The summed E-state index contributed by atoms with van der Waals surface area (Å²) in [6.07, 6.45) is 2.41. The van der Waals surface area contributed by atoms with E-state index in [1.54, 1.807) is 18.2 Å². The Labute approximate surface area is 104 Å². The van der Waals surface area contributed by atoms with E-state index in [9.17, 15) is 10.1 Å². The first kappa shape index (κ1) is 11.3. The Hall–Kier alpha value is -2.20. The monoisotopic (exact) mass is 292 g/mol. The van der Waals surface area contributed by atoms with Gasteiger partial charge in [0.15, 0.2) is 0 Å². The van der Waals surface area contributed by atoms with Gasteiger partial charge in [-0.15, -0.1) is 0 Å². The molecule has 1 aromatic heterocycles. The summed E-state index contributed by atoms with van der Waals surface area (Å²) in [5.74, 6) is 0. The van der Waals surface area contributed by atoms with Crippen LogP contribution in [0.15, 0.2) is 35.1 Å². The van der Waals surface area contributed by atoms with E-state index in [1.165, 1.54) is 10.9 Å². The van der Waals surface area contributed by atoms with Gasteiger partial charge in [-0.2, -0.15) is 10.4 Å². The molecular weight excluding hydrogens is 288 g/mol. The highest BCUT2D eigenvalue weighted by molar-refractivity contribution is 9.10. The van der Waals surface area contributed by atoms with Gasteiger partial charge in [0, 0.05) is 4.47 Å². The molecule has 0 bridgehead atoms. The second-order valence-electron chi connectivity index (χ2n) is 3.17. The van der Waals surface area contributed by atoms with Crippen molar-refractivity contribution in [3.05, 3.63) is 50.7 Å². The molecule has 0 N–H and O–H groups in total. The van der Waals surface area contributed by atoms with Crippen LogP contribution in [0.25, 0.3) is 5.69 Å². The number of halogens is 1. The molecule has 0 saturated carbocycles. The van der Waals surface area contributed by atoms with Gasteiger partial charge in [-0.25, -0.2) is 4.68 Å². The van der Waals surface area contributed by atoms with Crippen molar-refractivity contribution >= 4 is 21.6 Å². The molecule has 2 aromatic rings. The second kappa shape index (κ2) is 4.35. The third kappa shape index (κ3) is 2.16. The summed E-state index contributed by atoms with van der Waals surface area (Å²) in [5.41, 5.74) is 0.776. The predicted molar refractivity (Wildman–Crippen MR) is 62.6 cm³/mol. The number of nitriles is 1. The largest absolute Gasteiger partial charge is 0.307 e. The molecule has 7 heteroatoms. The summed E-state index contributed by atoms with van der Waals surface area (Å²) in [6, 6.07) is 7.05. The average molecular weight is 293 g/mol. The van der Waals surface area contributed by atoms with Crippen molar-refractivity contribution < 1.29 is 4.92 Å². The highest BCUT2D eigenvalue weighted by Crippen LogP contribution is 2.20. The molecule has 0 aliphatic carbocycles. The van der Waals surface area contributed by atoms with Crippen molar-refractivity contribution in [1.82, 2.24) is 9.78 Å². The third-order valence-electron chi connectivity index (χ3n) is 2.11. The zero-order valence-electron chi connectivity index (χ0n) is 8.37. The minimum Gasteiger partial charge on any atom is -0.258 e. The fraction of sp³-hybridized carbons (Fsp3) is 0. The molecule has 1 heterocycles. The Kier molecular flexibility index (Phi) is 2.89. The molecule has 2 rings (SSSR count). The molecule has 6 nitrogen and oxygen atoms in total. The maximum Gasteiger partial charge on any atom is 0.307 e. The summed E-state index contributed by atoms with van der Waals surface area (Å²) in [7, 11) is 0. The predicted octanol–water partition coefficient (Wildman–Crippen LogP) is 2.41. The maximum atomic E-state index is 10.5. The molecule has 0 unspecified atom stereocenters. The van der Waals surface area contributed by atoms with Gasteiger partial charge < -0.3 is 0 Å². The van der Waals surface area contributed by atoms with Crippen LogP contribution < -0.4 is 0 Å². The minimum absolute atomic E-state index is 0.114. The Balaban J connectivity index is 2.53. The lowest BCUT2D eigenvalue weighted by Gasteiger charge is -2.03. The minimum atomic E-state index is -0.533. The number of hydrogen-bond acceptors (Lipinski definition) is 4. The van der Waals surface area contributed by atoms with Gasteiger partial charge >= 0.3 is 5.69 Å². The summed E-state index contributed by atoms with van der Waals surface area (Å²) >= 11 is 3.25. The van der Waals surface area contributed by atoms with Crippen LogP contribution in [0.4, 0.5) is 5.69 Å². The van der Waals surface area contributed by atoms with Gasteiger partial charge in [0.25, 0.3) is 0 Å². The summed E-state index contributed by atoms with van der Waals surface area (Å²) in [4.78, 5) is 10.0. The average Bonchev–Trinajstić information content (AvgIpc) is 2.78. The zero-order valence-corrected chi connectivity index (χ0v) is 9.96. The smallest absolute Gasteiger partial charge is 0.258 e. The van der Waals surface area contributed by atoms with Crippen LogP contribution in [0.3, 0.4) is 0 Å². The molecule has 0 fully saturated rings. The first-order valence-corrected chi connectivity index (χ1v) is 5.30. The summed E-state index contributed by atoms with van der Waals surface area (Å²) < 4.78 is 2.07. The summed E-state index contributed by atoms with van der Waals surface area (Å²) in [5, 5.41) is 23.4. The molecule has 0 saturated heterocycles. The highest BCUT2D eigenvalue weighted by Gasteiger charge is 2.12. The van der Waals surface area contributed by atoms with Crippen LogP contribution >= 0.6 is 15.9 Å². The summed E-state index contributed by atoms with van der Waals surface area (Å²) in [6.45, 7) is 0. The van der Waals surface area contributed by atoms with Crippen LogP contribution in [-0.2, 0) is 0 Å². The zero-order chi connectivity index (χ0) is 12.4. The van der Waals surface area contributed by atoms with Gasteiger partial charge in [0.1, 0.15) is 18.5 Å². The lowest BCUT2D eigenvalue weighted by Crippen LogP contribution is -1.97. The Morgan fingerprint density at radius 2 is 2.29 bits per heavy atom. The third-order valence-corrected chi connectivity index (χ3v) is 2.60. The van der Waals surface area contributed by atoms with E-state index >= 15 is 0 Å². The lowest BCUT2D eigenvalue weighted by molar-refractivity contribution is -0.384. The first-order chi connectivity index (χ1) is 8.11. The highest BCUT2D eigenvalue weighted by atomic mass is 79.9. The van der Waals surface area contributed by atoms with Gasteiger partial charge in [0.05, 0.1) is 16.2 Å². The molecule has 0 aliphatic heterocycles. The molecule has 0 atom stereocenters. The quantitative estimate of drug-likeness (QED) is 0.628. The van der Waals surface area contributed by atoms with E-state index in [-0.39, 0.29) is 5.69 Å². The molecule has 0 aliphatic rings. The lowest BCUT2D eigenvalue weighted by atomic mass is 10.2. The van der Waals surface area contributed by atoms with Crippen LogP contribution in [0.1, 0.15) is 5.56 Å². The van der Waals surface area contributed by atoms with E-state index in [4.69, 9.17) is 5.26 Å². The molecule has 0 radical (unpaired) electrons. The standard InChI is InChI=1S/C10H5BrN4O2/c11-8-1-2-10(7(3-8)4-12)14-6-9(5-13-14)15(16)17/h1-3,5-6H. The van der Waals surface area contributed by atoms with E-state index in [1.807, 2.05) is 6.07 Å². The first-order valence-electron chi connectivity index (χ1n) is 4.51. The van der Waals surface area contributed by atoms with Gasteiger partial charge in [-0.05, 0) is 18.2 Å². The van der Waals surface area contributed by atoms with Crippen molar-refractivity contribution in [3.8, 4) is 11.8 Å². The van der Waals surface area contributed by atoms with Crippen LogP contribution in [0, 0.1) is 21.4 Å². The van der Waals surface area contributed by atoms with E-state index in [0.717, 1.165) is 10.7 Å². The Morgan fingerprint density at radius 1 is 1.53 bits per heavy atom. The topological polar surface area (TPSA) is 84.8 Å². The van der Waals surface area contributed by atoms with Crippen molar-refractivity contribution in [2.75, 3.05) is 0 Å². The molecule has 0 amide bonds. The van der Waals surface area contributed by atoms with E-state index in [2.05, 4.69) is 21.0 Å². The molecule has 1 aromatic carbocycles. The number of benzene rings is 1. The molecule has 17 heavy (non-hydrogen) atoms. The molecular formula is C10H5BrN4O2. The van der Waals surface area contributed by atoms with Crippen LogP contribution in [0.5, 0.6) is 0 Å². The molecule has 84 valence electrons. The van der Waals surface area contributed by atoms with Gasteiger partial charge in [-0.1, -0.05) is 15.9 Å². The van der Waals surface area contributed by atoms with Crippen LogP contribution in [-0.4, -0.2) is 14.7 Å². The van der Waals surface area contributed by atoms with Crippen molar-refractivity contribution in [2.45, 2.75) is 0 Å². The number of hydrogen-bond donors (Lipinski definition) is 0. The Bertz CT molecular complexity index is 629. The van der Waals surface area contributed by atoms with Crippen molar-refractivity contribution in [2.24, 2.45) is 0 Å². The maximum absolute atomic E-state index is 10.5. The van der Waals surface area contributed by atoms with Crippen molar-refractivity contribution in [3.63, 3.8) is 0 Å². The van der Waals surface area contributed by atoms with Gasteiger partial charge in [-0.3, -0.25) is 10.1 Å². The fourth-order valence-electron chi connectivity index (χ4n) is 1.34. The van der Waals surface area contributed by atoms with Crippen LogP contribution in [0.2, 0.25) is 0 Å². The second-order valence-corrected chi connectivity index (χ2v) is 4.09. The van der Waals surface area contributed by atoms with Crippen molar-refractivity contribution in [1.29, 1.82) is 5.26 Å². The van der Waals surface area contributed by atoms with E-state index < -0.39 is 4.92 Å². The fourth-order valence-corrected chi connectivity index (χ4v) is 1.70. The number of rotatable bonds is 2. The number of aromatic nitrogens is 2. The number of nitro groups is 1. The number of nitrogens with zero attached hydrogens (tertiary/aromatic N) is 4. The normalized spacial score (nSPS) is 9.88.